The molecule has 1 heterocycles. The van der Waals surface area contributed by atoms with Crippen LogP contribution in [-0.2, 0) is 18.9 Å². The minimum Gasteiger partial charge on any atom is -0.498 e. The van der Waals surface area contributed by atoms with E-state index < -0.39 is 7.12 Å². The Hall–Kier alpha value is -1.56. The number of carbonyl (C=O) groups is 2. The van der Waals surface area contributed by atoms with Crippen molar-refractivity contribution >= 4 is 19.1 Å². The molecule has 18 heavy (non-hydrogen) atoms. The van der Waals surface area contributed by atoms with Crippen molar-refractivity contribution in [2.24, 2.45) is 0 Å². The topological polar surface area (TPSA) is 55.8 Å². The van der Waals surface area contributed by atoms with Crippen molar-refractivity contribution in [2.75, 3.05) is 20.1 Å². The molecule has 1 atom stereocenters. The normalized spacial score (nSPS) is 23.0. The molecule has 0 saturated carbocycles. The molecule has 1 unspecified atom stereocenters. The smallest absolute Gasteiger partial charge is 0.498 e. The molecule has 0 N–H and O–H groups in total. The van der Waals surface area contributed by atoms with Gasteiger partial charge in [0.1, 0.15) is 0 Å². The molecular formula is C12H16BNO4. The molecule has 0 amide bonds. The summed E-state index contributed by atoms with van der Waals surface area (Å²) in [5.41, 5.74) is 1.15. The van der Waals surface area contributed by atoms with Crippen molar-refractivity contribution in [2.45, 2.75) is 19.2 Å². The van der Waals surface area contributed by atoms with Crippen LogP contribution in [0.25, 0.3) is 0 Å². The first kappa shape index (κ1) is 12.9. The minimum atomic E-state index is -0.830. The zero-order chi connectivity index (χ0) is 13.1. The first-order valence-electron chi connectivity index (χ1n) is 5.99. The predicted octanol–water partition coefficient (Wildman–Crippen LogP) is 0.783. The predicted molar refractivity (Wildman–Crippen MR) is 66.7 cm³/mol. The van der Waals surface area contributed by atoms with Crippen molar-refractivity contribution in [3.63, 3.8) is 0 Å². The third-order valence-electron chi connectivity index (χ3n) is 2.85. The fourth-order valence-electron chi connectivity index (χ4n) is 1.93. The Morgan fingerprint density at radius 3 is 2.33 bits per heavy atom. The molecule has 1 aliphatic carbocycles. The lowest BCUT2D eigenvalue weighted by atomic mass is 9.69. The van der Waals surface area contributed by atoms with E-state index in [0.29, 0.717) is 0 Å². The van der Waals surface area contributed by atoms with Crippen LogP contribution < -0.4 is 0 Å². The van der Waals surface area contributed by atoms with E-state index in [2.05, 4.69) is 0 Å². The molecule has 1 saturated heterocycles. The van der Waals surface area contributed by atoms with E-state index in [1.807, 2.05) is 25.2 Å². The van der Waals surface area contributed by atoms with Gasteiger partial charge in [-0.3, -0.25) is 14.5 Å². The number of likely N-dealkylation sites (N-methyl/N-ethyl adjacent to an activating group) is 1. The first-order chi connectivity index (χ1) is 8.60. The van der Waals surface area contributed by atoms with Gasteiger partial charge in [-0.1, -0.05) is 23.8 Å². The second-order valence-electron chi connectivity index (χ2n) is 4.56. The van der Waals surface area contributed by atoms with Crippen molar-refractivity contribution < 1.29 is 18.9 Å². The molecule has 0 spiro atoms. The maximum atomic E-state index is 11.6. The van der Waals surface area contributed by atoms with E-state index in [0.717, 1.165) is 12.0 Å². The molecule has 0 aromatic heterocycles. The minimum absolute atomic E-state index is 0.104. The molecule has 1 fully saturated rings. The number of rotatable bonds is 3. The highest BCUT2D eigenvalue weighted by Gasteiger charge is 2.41. The zero-order valence-corrected chi connectivity index (χ0v) is 10.6. The number of nitrogens with zero attached hydrogens (tertiary/aromatic N) is 1. The van der Waals surface area contributed by atoms with Crippen LogP contribution >= 0.6 is 0 Å². The van der Waals surface area contributed by atoms with Gasteiger partial charge in [0, 0.05) is 0 Å². The van der Waals surface area contributed by atoms with Crippen LogP contribution in [-0.4, -0.2) is 44.1 Å². The first-order valence-corrected chi connectivity index (χ1v) is 5.99. The number of hydrogen-bond donors (Lipinski definition) is 0. The van der Waals surface area contributed by atoms with Crippen LogP contribution in [0.5, 0.6) is 0 Å². The molecular weight excluding hydrogens is 233 g/mol. The SMILES string of the molecule is C/C=C/C(B1OC(=O)CN(C)CC(=O)O1)C1=CC1. The van der Waals surface area contributed by atoms with E-state index in [4.69, 9.17) is 9.31 Å². The maximum absolute atomic E-state index is 11.6. The molecule has 0 aromatic rings. The number of allylic oxidation sites excluding steroid dienone is 4. The fraction of sp³-hybridized carbons (Fsp3) is 0.500. The molecule has 96 valence electrons. The molecule has 5 nitrogen and oxygen atoms in total. The fourth-order valence-corrected chi connectivity index (χ4v) is 1.93. The van der Waals surface area contributed by atoms with Crippen LogP contribution in [0.4, 0.5) is 0 Å². The average Bonchev–Trinajstić information content (AvgIpc) is 3.06. The Kier molecular flexibility index (Phi) is 3.86. The largest absolute Gasteiger partial charge is 0.610 e. The lowest BCUT2D eigenvalue weighted by Crippen LogP contribution is -2.44. The third-order valence-corrected chi connectivity index (χ3v) is 2.85. The van der Waals surface area contributed by atoms with Crippen molar-refractivity contribution in [3.8, 4) is 0 Å². The van der Waals surface area contributed by atoms with Gasteiger partial charge in [0.15, 0.2) is 0 Å². The van der Waals surface area contributed by atoms with Gasteiger partial charge in [0.2, 0.25) is 0 Å². The summed E-state index contributed by atoms with van der Waals surface area (Å²) in [5, 5.41) is 0. The average molecular weight is 249 g/mol. The Bertz CT molecular complexity index is 398. The molecule has 0 radical (unpaired) electrons. The molecule has 0 bridgehead atoms. The molecule has 2 rings (SSSR count). The summed E-state index contributed by atoms with van der Waals surface area (Å²) in [6, 6.07) is 0. The van der Waals surface area contributed by atoms with E-state index >= 15 is 0 Å². The lowest BCUT2D eigenvalue weighted by Gasteiger charge is -2.25. The van der Waals surface area contributed by atoms with Crippen LogP contribution in [0.3, 0.4) is 0 Å². The van der Waals surface area contributed by atoms with Gasteiger partial charge in [-0.2, -0.15) is 0 Å². The summed E-state index contributed by atoms with van der Waals surface area (Å²) >= 11 is 0. The van der Waals surface area contributed by atoms with Crippen LogP contribution in [0.2, 0.25) is 5.82 Å². The van der Waals surface area contributed by atoms with Crippen LogP contribution in [0.15, 0.2) is 23.8 Å². The Morgan fingerprint density at radius 1 is 1.33 bits per heavy atom. The van der Waals surface area contributed by atoms with Crippen molar-refractivity contribution in [3.05, 3.63) is 23.8 Å². The summed E-state index contributed by atoms with van der Waals surface area (Å²) in [6.45, 7) is 2.09. The summed E-state index contributed by atoms with van der Waals surface area (Å²) in [4.78, 5) is 24.8. The summed E-state index contributed by atoms with van der Waals surface area (Å²) < 4.78 is 10.5. The second kappa shape index (κ2) is 5.39. The lowest BCUT2D eigenvalue weighted by molar-refractivity contribution is -0.145. The van der Waals surface area contributed by atoms with Gasteiger partial charge in [0.05, 0.1) is 18.9 Å². The van der Waals surface area contributed by atoms with E-state index in [-0.39, 0.29) is 30.8 Å². The molecule has 2 aliphatic rings. The highest BCUT2D eigenvalue weighted by Crippen LogP contribution is 2.36. The van der Waals surface area contributed by atoms with Gasteiger partial charge < -0.3 is 9.31 Å². The monoisotopic (exact) mass is 249 g/mol. The maximum Gasteiger partial charge on any atom is 0.610 e. The number of hydrogen-bond acceptors (Lipinski definition) is 5. The Morgan fingerprint density at radius 2 is 1.89 bits per heavy atom. The Labute approximate surface area is 107 Å². The molecule has 0 aromatic carbocycles. The van der Waals surface area contributed by atoms with Gasteiger partial charge in [0.25, 0.3) is 0 Å². The molecule has 1 aliphatic heterocycles. The number of carbonyl (C=O) groups excluding carboxylic acids is 2. The van der Waals surface area contributed by atoms with Crippen LogP contribution in [0.1, 0.15) is 13.3 Å². The van der Waals surface area contributed by atoms with Gasteiger partial charge in [-0.15, -0.1) is 0 Å². The van der Waals surface area contributed by atoms with Crippen molar-refractivity contribution in [1.29, 1.82) is 0 Å². The summed E-state index contributed by atoms with van der Waals surface area (Å²) in [6.07, 6.45) is 6.70. The summed E-state index contributed by atoms with van der Waals surface area (Å²) in [5.74, 6) is -0.886. The quantitative estimate of drug-likeness (QED) is 0.546. The van der Waals surface area contributed by atoms with E-state index in [1.54, 1.807) is 11.9 Å². The zero-order valence-electron chi connectivity index (χ0n) is 10.6. The van der Waals surface area contributed by atoms with Crippen molar-refractivity contribution in [1.82, 2.24) is 4.90 Å². The van der Waals surface area contributed by atoms with Gasteiger partial charge in [-0.05, 0) is 20.4 Å². The van der Waals surface area contributed by atoms with Gasteiger partial charge in [-0.25, -0.2) is 0 Å². The summed E-state index contributed by atoms with van der Waals surface area (Å²) in [7, 11) is 0.846. The third kappa shape index (κ3) is 3.23. The standard InChI is InChI=1S/C12H16BNO4/c1-3-4-10(9-5-6-9)13-17-11(15)7-14(2)8-12(16)18-13/h3-5,10H,6-8H2,1-2H3/b4-3+. The highest BCUT2D eigenvalue weighted by molar-refractivity contribution is 6.52. The Balaban J connectivity index is 2.11. The van der Waals surface area contributed by atoms with E-state index in [9.17, 15) is 9.59 Å². The van der Waals surface area contributed by atoms with Crippen LogP contribution in [0, 0.1) is 0 Å². The van der Waals surface area contributed by atoms with E-state index in [1.165, 1.54) is 0 Å². The molecule has 6 heteroatoms. The van der Waals surface area contributed by atoms with Gasteiger partial charge >= 0.3 is 19.1 Å². The second-order valence-corrected chi connectivity index (χ2v) is 4.56. The highest BCUT2D eigenvalue weighted by atomic mass is 16.6.